The van der Waals surface area contributed by atoms with Gasteiger partial charge in [-0.2, -0.15) is 28.1 Å². The Labute approximate surface area is 166 Å². The van der Waals surface area contributed by atoms with Gasteiger partial charge in [-0.05, 0) is 25.1 Å². The van der Waals surface area contributed by atoms with Crippen molar-refractivity contribution < 1.29 is 22.6 Å². The van der Waals surface area contributed by atoms with E-state index in [-0.39, 0.29) is 23.6 Å². The lowest BCUT2D eigenvalue weighted by Gasteiger charge is -2.26. The number of hydrogen-bond acceptors (Lipinski definition) is 8. The summed E-state index contributed by atoms with van der Waals surface area (Å²) in [6, 6.07) is 4.91. The molecule has 1 aliphatic rings. The summed E-state index contributed by atoms with van der Waals surface area (Å²) in [4.78, 5) is 14.8. The van der Waals surface area contributed by atoms with E-state index < -0.39 is 11.7 Å². The third-order valence-corrected chi connectivity index (χ3v) is 4.15. The van der Waals surface area contributed by atoms with Gasteiger partial charge in [0.25, 0.3) is 0 Å². The van der Waals surface area contributed by atoms with Crippen LogP contribution in [0.5, 0.6) is 6.01 Å². The van der Waals surface area contributed by atoms with Gasteiger partial charge in [0.05, 0.1) is 25.4 Å². The highest BCUT2D eigenvalue weighted by Gasteiger charge is 2.30. The van der Waals surface area contributed by atoms with Crippen molar-refractivity contribution in [2.45, 2.75) is 13.1 Å². The van der Waals surface area contributed by atoms with Gasteiger partial charge in [0, 0.05) is 31.9 Å². The fourth-order valence-electron chi connectivity index (χ4n) is 2.74. The highest BCUT2D eigenvalue weighted by Crippen LogP contribution is 2.31. The van der Waals surface area contributed by atoms with Gasteiger partial charge in [-0.15, -0.1) is 0 Å². The molecule has 1 aromatic carbocycles. The summed E-state index contributed by atoms with van der Waals surface area (Å²) in [5, 5.41) is 5.89. The molecule has 0 spiro atoms. The van der Waals surface area contributed by atoms with Crippen LogP contribution in [0.15, 0.2) is 24.3 Å². The lowest BCUT2D eigenvalue weighted by atomic mass is 10.2. The van der Waals surface area contributed by atoms with E-state index >= 15 is 0 Å². The summed E-state index contributed by atoms with van der Waals surface area (Å²) < 4.78 is 49.4. The molecule has 0 atom stereocenters. The van der Waals surface area contributed by atoms with Crippen LogP contribution in [0.25, 0.3) is 0 Å². The summed E-state index contributed by atoms with van der Waals surface area (Å²) in [7, 11) is 0. The first-order chi connectivity index (χ1) is 13.9. The van der Waals surface area contributed by atoms with Crippen molar-refractivity contribution in [3.63, 3.8) is 0 Å². The Hall–Kier alpha value is -2.66. The van der Waals surface area contributed by atoms with Gasteiger partial charge in [0.1, 0.15) is 0 Å². The largest absolute Gasteiger partial charge is 0.464 e. The van der Waals surface area contributed by atoms with E-state index in [1.54, 1.807) is 6.92 Å². The van der Waals surface area contributed by atoms with Crippen molar-refractivity contribution in [1.82, 2.24) is 19.9 Å². The van der Waals surface area contributed by atoms with Crippen LogP contribution in [0.3, 0.4) is 0 Å². The second-order valence-corrected chi connectivity index (χ2v) is 6.28. The van der Waals surface area contributed by atoms with Gasteiger partial charge in [0.2, 0.25) is 11.9 Å². The fourth-order valence-corrected chi connectivity index (χ4v) is 2.74. The Bertz CT molecular complexity index is 799. The van der Waals surface area contributed by atoms with Gasteiger partial charge < -0.3 is 20.1 Å². The first-order valence-electron chi connectivity index (χ1n) is 9.31. The topological polar surface area (TPSA) is 84.4 Å². The maximum Gasteiger partial charge on any atom is 0.416 e. The Kier molecular flexibility index (Phi) is 7.04. The number of anilines is 3. The third kappa shape index (κ3) is 6.43. The van der Waals surface area contributed by atoms with Crippen LogP contribution in [0.1, 0.15) is 12.5 Å². The quantitative estimate of drug-likeness (QED) is 0.685. The molecule has 0 radical (unpaired) electrons. The molecule has 8 nitrogen and oxygen atoms in total. The van der Waals surface area contributed by atoms with Crippen molar-refractivity contribution in [1.29, 1.82) is 0 Å². The Balaban J connectivity index is 1.69. The molecular weight excluding hydrogens is 389 g/mol. The predicted octanol–water partition coefficient (Wildman–Crippen LogP) is 2.78. The van der Waals surface area contributed by atoms with Crippen molar-refractivity contribution in [2.24, 2.45) is 0 Å². The second kappa shape index (κ2) is 9.70. The van der Waals surface area contributed by atoms with E-state index in [1.807, 2.05) is 0 Å². The van der Waals surface area contributed by atoms with Crippen molar-refractivity contribution >= 4 is 17.6 Å². The molecule has 1 fully saturated rings. The summed E-state index contributed by atoms with van der Waals surface area (Å²) in [6.45, 7) is 6.68. The van der Waals surface area contributed by atoms with Gasteiger partial charge in [-0.1, -0.05) is 6.07 Å². The molecule has 1 aromatic heterocycles. The number of halogens is 3. The van der Waals surface area contributed by atoms with Gasteiger partial charge in [-0.3, -0.25) is 4.90 Å². The van der Waals surface area contributed by atoms with Crippen LogP contribution in [0, 0.1) is 0 Å². The summed E-state index contributed by atoms with van der Waals surface area (Å²) in [6.07, 6.45) is -4.43. The van der Waals surface area contributed by atoms with E-state index in [0.29, 0.717) is 26.4 Å². The average Bonchev–Trinajstić information content (AvgIpc) is 2.68. The zero-order chi connectivity index (χ0) is 20.7. The number of benzene rings is 1. The summed E-state index contributed by atoms with van der Waals surface area (Å²) >= 11 is 0. The first-order valence-corrected chi connectivity index (χ1v) is 9.31. The van der Waals surface area contributed by atoms with E-state index in [2.05, 4.69) is 30.5 Å². The monoisotopic (exact) mass is 412 g/mol. The van der Waals surface area contributed by atoms with Crippen LogP contribution in [0.4, 0.5) is 30.8 Å². The number of morpholine rings is 1. The lowest BCUT2D eigenvalue weighted by Crippen LogP contribution is -2.39. The standard InChI is InChI=1S/C18H23F3N6O2/c1-2-29-17-25-15(22-6-7-27-8-10-28-11-9-27)24-16(26-17)23-14-5-3-4-13(12-14)18(19,20)21/h3-5,12H,2,6-11H2,1H3,(H2,22,23,24,25,26). The molecule has 1 saturated heterocycles. The highest BCUT2D eigenvalue weighted by molar-refractivity contribution is 5.55. The zero-order valence-corrected chi connectivity index (χ0v) is 16.0. The van der Waals surface area contributed by atoms with Crippen molar-refractivity contribution in [3.05, 3.63) is 29.8 Å². The number of alkyl halides is 3. The molecule has 158 valence electrons. The number of rotatable bonds is 8. The summed E-state index contributed by atoms with van der Waals surface area (Å²) in [5.41, 5.74) is -0.543. The number of aromatic nitrogens is 3. The number of nitrogens with one attached hydrogen (secondary N) is 2. The predicted molar refractivity (Wildman–Crippen MR) is 101 cm³/mol. The van der Waals surface area contributed by atoms with E-state index in [0.717, 1.165) is 31.8 Å². The molecule has 0 saturated carbocycles. The van der Waals surface area contributed by atoms with Crippen LogP contribution in [0.2, 0.25) is 0 Å². The molecule has 2 aromatic rings. The number of ether oxygens (including phenoxy) is 2. The molecule has 0 aliphatic carbocycles. The minimum absolute atomic E-state index is 0.0887. The maximum absolute atomic E-state index is 12.9. The molecule has 2 N–H and O–H groups in total. The maximum atomic E-state index is 12.9. The zero-order valence-electron chi connectivity index (χ0n) is 16.0. The molecule has 29 heavy (non-hydrogen) atoms. The van der Waals surface area contributed by atoms with Crippen LogP contribution < -0.4 is 15.4 Å². The third-order valence-electron chi connectivity index (χ3n) is 4.15. The van der Waals surface area contributed by atoms with Crippen molar-refractivity contribution in [3.8, 4) is 6.01 Å². The van der Waals surface area contributed by atoms with Crippen LogP contribution >= 0.6 is 0 Å². The van der Waals surface area contributed by atoms with Crippen molar-refractivity contribution in [2.75, 3.05) is 56.6 Å². The number of nitrogens with zero attached hydrogens (tertiary/aromatic N) is 4. The van der Waals surface area contributed by atoms with E-state index in [1.165, 1.54) is 12.1 Å². The fraction of sp³-hybridized carbons (Fsp3) is 0.500. The second-order valence-electron chi connectivity index (χ2n) is 6.28. The van der Waals surface area contributed by atoms with Gasteiger partial charge in [-0.25, -0.2) is 0 Å². The van der Waals surface area contributed by atoms with Crippen LogP contribution in [-0.2, 0) is 10.9 Å². The molecule has 3 rings (SSSR count). The molecule has 0 unspecified atom stereocenters. The normalized spacial score (nSPS) is 15.2. The Morgan fingerprint density at radius 2 is 1.90 bits per heavy atom. The molecule has 0 bridgehead atoms. The molecule has 0 amide bonds. The van der Waals surface area contributed by atoms with Crippen LogP contribution in [-0.4, -0.2) is 65.9 Å². The van der Waals surface area contributed by atoms with Gasteiger partial charge >= 0.3 is 12.2 Å². The Morgan fingerprint density at radius 3 is 2.62 bits per heavy atom. The SMILES string of the molecule is CCOc1nc(NCCN2CCOCC2)nc(Nc2cccc(C(F)(F)F)c2)n1. The highest BCUT2D eigenvalue weighted by atomic mass is 19.4. The summed E-state index contributed by atoms with van der Waals surface area (Å²) in [5.74, 6) is 0.378. The minimum atomic E-state index is -4.43. The lowest BCUT2D eigenvalue weighted by molar-refractivity contribution is -0.137. The van der Waals surface area contributed by atoms with E-state index in [4.69, 9.17) is 9.47 Å². The smallest absolute Gasteiger partial charge is 0.416 e. The minimum Gasteiger partial charge on any atom is -0.464 e. The molecule has 2 heterocycles. The molecular formula is C18H23F3N6O2. The van der Waals surface area contributed by atoms with E-state index in [9.17, 15) is 13.2 Å². The molecule has 1 aliphatic heterocycles. The molecule has 11 heteroatoms. The average molecular weight is 412 g/mol. The first kappa shape index (κ1) is 21.1. The van der Waals surface area contributed by atoms with Gasteiger partial charge in [0.15, 0.2) is 0 Å². The Morgan fingerprint density at radius 1 is 1.14 bits per heavy atom. The number of hydrogen-bond donors (Lipinski definition) is 2.